The van der Waals surface area contributed by atoms with E-state index >= 15 is 0 Å². The molecule has 6 heteroatoms. The highest BCUT2D eigenvalue weighted by atomic mass is 19.2. The average Bonchev–Trinajstić information content (AvgIpc) is 3.06. The van der Waals surface area contributed by atoms with Crippen molar-refractivity contribution in [2.45, 2.75) is 24.8 Å². The van der Waals surface area contributed by atoms with E-state index in [1.807, 2.05) is 0 Å². The van der Waals surface area contributed by atoms with Gasteiger partial charge in [0, 0.05) is 6.92 Å². The van der Waals surface area contributed by atoms with E-state index in [0.717, 1.165) is 12.1 Å². The predicted octanol–water partition coefficient (Wildman–Crippen LogP) is 1.28. The van der Waals surface area contributed by atoms with Gasteiger partial charge in [-0.3, -0.25) is 9.59 Å². The van der Waals surface area contributed by atoms with Crippen molar-refractivity contribution in [3.8, 4) is 0 Å². The zero-order valence-electron chi connectivity index (χ0n) is 10.5. The maximum Gasteiger partial charge on any atom is 0.318 e. The summed E-state index contributed by atoms with van der Waals surface area (Å²) in [7, 11) is 1.22. The maximum atomic E-state index is 13.3. The van der Waals surface area contributed by atoms with Crippen LogP contribution in [0.3, 0.4) is 0 Å². The highest BCUT2D eigenvalue weighted by Gasteiger charge is 2.63. The number of benzene rings is 1. The Bertz CT molecular complexity index is 547. The minimum Gasteiger partial charge on any atom is -0.468 e. The summed E-state index contributed by atoms with van der Waals surface area (Å²) >= 11 is 0. The number of halogens is 2. The van der Waals surface area contributed by atoms with Gasteiger partial charge in [0.05, 0.1) is 13.2 Å². The molecule has 0 unspecified atom stereocenters. The first kappa shape index (κ1) is 13.5. The SMILES string of the molecule is COC(=O)[C@@]1(c2ccc(F)c(F)c2)C[C@@H]1NC(C)=O. The molecule has 1 aromatic carbocycles. The molecule has 0 spiro atoms. The molecule has 1 aromatic rings. The smallest absolute Gasteiger partial charge is 0.318 e. The Hall–Kier alpha value is -1.98. The molecule has 1 aliphatic carbocycles. The van der Waals surface area contributed by atoms with E-state index in [1.165, 1.54) is 20.1 Å². The minimum atomic E-state index is -1.12. The van der Waals surface area contributed by atoms with Crippen LogP contribution in [0.4, 0.5) is 8.78 Å². The van der Waals surface area contributed by atoms with Gasteiger partial charge in [0.15, 0.2) is 11.6 Å². The molecular formula is C13H13F2NO3. The van der Waals surface area contributed by atoms with Crippen molar-refractivity contribution in [1.29, 1.82) is 0 Å². The van der Waals surface area contributed by atoms with Crippen LogP contribution in [0.2, 0.25) is 0 Å². The van der Waals surface area contributed by atoms with E-state index in [-0.39, 0.29) is 5.91 Å². The van der Waals surface area contributed by atoms with Gasteiger partial charge in [0.25, 0.3) is 0 Å². The fourth-order valence-corrected chi connectivity index (χ4v) is 2.30. The summed E-state index contributed by atoms with van der Waals surface area (Å²) in [5.74, 6) is -2.88. The summed E-state index contributed by atoms with van der Waals surface area (Å²) in [6, 6.07) is 2.80. The number of methoxy groups -OCH3 is 1. The lowest BCUT2D eigenvalue weighted by Gasteiger charge is -2.16. The second kappa shape index (κ2) is 4.60. The molecule has 1 saturated carbocycles. The van der Waals surface area contributed by atoms with E-state index in [2.05, 4.69) is 5.32 Å². The standard InChI is InChI=1S/C13H13F2NO3/c1-7(17)16-11-6-13(11,12(18)19-2)8-3-4-9(14)10(15)5-8/h3-5,11H,6H2,1-2H3,(H,16,17)/t11-,13+/m0/s1. The van der Waals surface area contributed by atoms with Crippen molar-refractivity contribution in [2.75, 3.05) is 7.11 Å². The Morgan fingerprint density at radius 1 is 1.37 bits per heavy atom. The number of hydrogen-bond acceptors (Lipinski definition) is 3. The van der Waals surface area contributed by atoms with Crippen LogP contribution in [0.1, 0.15) is 18.9 Å². The molecule has 1 amide bonds. The first-order chi connectivity index (χ1) is 8.91. The normalized spacial score (nSPS) is 24.7. The topological polar surface area (TPSA) is 55.4 Å². The highest BCUT2D eigenvalue weighted by molar-refractivity contribution is 5.90. The van der Waals surface area contributed by atoms with Crippen LogP contribution in [0.15, 0.2) is 18.2 Å². The number of rotatable bonds is 3. The van der Waals surface area contributed by atoms with E-state index < -0.39 is 29.1 Å². The summed E-state index contributed by atoms with van der Waals surface area (Å²) in [6.45, 7) is 1.33. The molecule has 0 heterocycles. The largest absolute Gasteiger partial charge is 0.468 e. The summed E-state index contributed by atoms with van der Waals surface area (Å²) < 4.78 is 30.9. The van der Waals surface area contributed by atoms with E-state index in [4.69, 9.17) is 4.74 Å². The van der Waals surface area contributed by atoms with Gasteiger partial charge in [0.2, 0.25) is 5.91 Å². The minimum absolute atomic E-state index is 0.293. The Kier molecular flexibility index (Phi) is 3.26. The molecular weight excluding hydrogens is 256 g/mol. The number of carbonyl (C=O) groups is 2. The van der Waals surface area contributed by atoms with Crippen LogP contribution in [0.5, 0.6) is 0 Å². The van der Waals surface area contributed by atoms with E-state index in [0.29, 0.717) is 12.0 Å². The lowest BCUT2D eigenvalue weighted by molar-refractivity contribution is -0.143. The van der Waals surface area contributed by atoms with Gasteiger partial charge in [-0.25, -0.2) is 8.78 Å². The zero-order valence-corrected chi connectivity index (χ0v) is 10.5. The monoisotopic (exact) mass is 269 g/mol. The molecule has 2 atom stereocenters. The zero-order chi connectivity index (χ0) is 14.2. The molecule has 0 aliphatic heterocycles. The lowest BCUT2D eigenvalue weighted by Crippen LogP contribution is -2.35. The summed E-state index contributed by atoms with van der Waals surface area (Å²) in [5, 5.41) is 2.60. The lowest BCUT2D eigenvalue weighted by atomic mass is 9.95. The van der Waals surface area contributed by atoms with Gasteiger partial charge in [-0.2, -0.15) is 0 Å². The number of hydrogen-bond donors (Lipinski definition) is 1. The highest BCUT2D eigenvalue weighted by Crippen LogP contribution is 2.49. The number of ether oxygens (including phenoxy) is 1. The number of amides is 1. The number of carbonyl (C=O) groups excluding carboxylic acids is 2. The van der Waals surface area contributed by atoms with E-state index in [1.54, 1.807) is 0 Å². The fraction of sp³-hybridized carbons (Fsp3) is 0.385. The van der Waals surface area contributed by atoms with Crippen LogP contribution >= 0.6 is 0 Å². The Morgan fingerprint density at radius 2 is 2.05 bits per heavy atom. The quantitative estimate of drug-likeness (QED) is 0.841. The molecule has 1 fully saturated rings. The molecule has 0 saturated heterocycles. The van der Waals surface area contributed by atoms with Crippen molar-refractivity contribution in [2.24, 2.45) is 0 Å². The molecule has 19 heavy (non-hydrogen) atoms. The predicted molar refractivity (Wildman–Crippen MR) is 62.3 cm³/mol. The summed E-state index contributed by atoms with van der Waals surface area (Å²) in [6.07, 6.45) is 0.310. The van der Waals surface area contributed by atoms with Crippen LogP contribution < -0.4 is 5.32 Å². The van der Waals surface area contributed by atoms with Crippen LogP contribution in [-0.4, -0.2) is 25.0 Å². The van der Waals surface area contributed by atoms with Gasteiger partial charge in [-0.1, -0.05) is 6.07 Å². The molecule has 0 bridgehead atoms. The Balaban J connectivity index is 2.37. The van der Waals surface area contributed by atoms with Crippen molar-refractivity contribution in [1.82, 2.24) is 5.32 Å². The molecule has 0 aromatic heterocycles. The van der Waals surface area contributed by atoms with E-state index in [9.17, 15) is 18.4 Å². The maximum absolute atomic E-state index is 13.3. The van der Waals surface area contributed by atoms with Gasteiger partial charge < -0.3 is 10.1 Å². The molecule has 1 aliphatic rings. The van der Waals surface area contributed by atoms with Gasteiger partial charge in [-0.05, 0) is 24.1 Å². The second-order valence-corrected chi connectivity index (χ2v) is 4.55. The Labute approximate surface area is 108 Å². The third kappa shape index (κ3) is 2.18. The van der Waals surface area contributed by atoms with Gasteiger partial charge >= 0.3 is 5.97 Å². The second-order valence-electron chi connectivity index (χ2n) is 4.55. The van der Waals surface area contributed by atoms with Crippen molar-refractivity contribution < 1.29 is 23.1 Å². The van der Waals surface area contributed by atoms with Crippen LogP contribution in [0, 0.1) is 11.6 Å². The first-order valence-corrected chi connectivity index (χ1v) is 5.73. The van der Waals surface area contributed by atoms with Gasteiger partial charge in [0.1, 0.15) is 5.41 Å². The van der Waals surface area contributed by atoms with Crippen molar-refractivity contribution >= 4 is 11.9 Å². The third-order valence-corrected chi connectivity index (χ3v) is 3.32. The van der Waals surface area contributed by atoms with Crippen molar-refractivity contribution in [3.63, 3.8) is 0 Å². The number of esters is 1. The molecule has 1 N–H and O–H groups in total. The third-order valence-electron chi connectivity index (χ3n) is 3.32. The fourth-order valence-electron chi connectivity index (χ4n) is 2.30. The number of nitrogens with one attached hydrogen (secondary N) is 1. The van der Waals surface area contributed by atoms with Gasteiger partial charge in [-0.15, -0.1) is 0 Å². The molecule has 2 rings (SSSR count). The summed E-state index contributed by atoms with van der Waals surface area (Å²) in [4.78, 5) is 22.9. The van der Waals surface area contributed by atoms with Crippen LogP contribution in [-0.2, 0) is 19.7 Å². The van der Waals surface area contributed by atoms with Crippen molar-refractivity contribution in [3.05, 3.63) is 35.4 Å². The Morgan fingerprint density at radius 3 is 2.58 bits per heavy atom. The summed E-state index contributed by atoms with van der Waals surface area (Å²) in [5.41, 5.74) is -0.813. The molecule has 4 nitrogen and oxygen atoms in total. The first-order valence-electron chi connectivity index (χ1n) is 5.73. The molecule has 102 valence electrons. The average molecular weight is 269 g/mol. The molecule has 0 radical (unpaired) electrons. The van der Waals surface area contributed by atoms with Crippen LogP contribution in [0.25, 0.3) is 0 Å².